The van der Waals surface area contributed by atoms with Crippen molar-refractivity contribution in [2.45, 2.75) is 6.92 Å². The summed E-state index contributed by atoms with van der Waals surface area (Å²) >= 11 is 7.14. The molecule has 0 aliphatic heterocycles. The minimum Gasteiger partial charge on any atom is -0.462 e. The molecule has 0 amide bonds. The van der Waals surface area contributed by atoms with Crippen LogP contribution in [0.4, 0.5) is 5.69 Å². The van der Waals surface area contributed by atoms with Gasteiger partial charge in [-0.15, -0.1) is 11.3 Å². The van der Waals surface area contributed by atoms with Crippen molar-refractivity contribution in [3.8, 4) is 11.3 Å². The molecule has 0 saturated heterocycles. The average Bonchev–Trinajstić information content (AvgIpc) is 2.85. The van der Waals surface area contributed by atoms with Crippen LogP contribution in [-0.4, -0.2) is 17.6 Å². The number of fused-ring (bicyclic) bond motifs is 1. The first-order chi connectivity index (χ1) is 10.6. The summed E-state index contributed by atoms with van der Waals surface area (Å²) in [5.41, 5.74) is 8.22. The highest BCUT2D eigenvalue weighted by atomic mass is 35.5. The summed E-state index contributed by atoms with van der Waals surface area (Å²) in [5.74, 6) is -0.406. The van der Waals surface area contributed by atoms with Gasteiger partial charge in [-0.3, -0.25) is 0 Å². The minimum absolute atomic E-state index is 0.315. The topological polar surface area (TPSA) is 65.2 Å². The van der Waals surface area contributed by atoms with Gasteiger partial charge in [0.2, 0.25) is 0 Å². The van der Waals surface area contributed by atoms with Crippen molar-refractivity contribution >= 4 is 44.8 Å². The lowest BCUT2D eigenvalue weighted by atomic mass is 10.1. The number of halogens is 1. The van der Waals surface area contributed by atoms with Gasteiger partial charge in [0.15, 0.2) is 0 Å². The quantitative estimate of drug-likeness (QED) is 0.723. The van der Waals surface area contributed by atoms with Gasteiger partial charge in [-0.25, -0.2) is 9.78 Å². The van der Waals surface area contributed by atoms with Crippen LogP contribution in [0.5, 0.6) is 0 Å². The molecule has 0 bridgehead atoms. The molecule has 6 heteroatoms. The Labute approximate surface area is 136 Å². The van der Waals surface area contributed by atoms with E-state index in [1.807, 2.05) is 36.4 Å². The zero-order chi connectivity index (χ0) is 15.7. The van der Waals surface area contributed by atoms with E-state index in [4.69, 9.17) is 22.1 Å². The molecule has 2 N–H and O–H groups in total. The summed E-state index contributed by atoms with van der Waals surface area (Å²) in [7, 11) is 0. The van der Waals surface area contributed by atoms with Crippen LogP contribution >= 0.6 is 22.9 Å². The summed E-state index contributed by atoms with van der Waals surface area (Å²) < 4.78 is 5.02. The number of hydrogen-bond donors (Lipinski definition) is 1. The van der Waals surface area contributed by atoms with Crippen LogP contribution in [0.15, 0.2) is 36.4 Å². The van der Waals surface area contributed by atoms with Gasteiger partial charge in [-0.05, 0) is 31.2 Å². The molecule has 2 aromatic heterocycles. The van der Waals surface area contributed by atoms with E-state index >= 15 is 0 Å². The fourth-order valence-electron chi connectivity index (χ4n) is 2.13. The normalized spacial score (nSPS) is 10.8. The molecule has 3 aromatic rings. The van der Waals surface area contributed by atoms with Crippen molar-refractivity contribution in [3.05, 3.63) is 46.3 Å². The zero-order valence-electron chi connectivity index (χ0n) is 11.8. The number of pyridine rings is 1. The Bertz CT molecular complexity index is 843. The highest BCUT2D eigenvalue weighted by molar-refractivity contribution is 7.21. The minimum atomic E-state index is -0.406. The molecule has 4 nitrogen and oxygen atoms in total. The summed E-state index contributed by atoms with van der Waals surface area (Å²) in [4.78, 5) is 17.6. The van der Waals surface area contributed by atoms with Crippen LogP contribution in [0, 0.1) is 0 Å². The Balaban J connectivity index is 2.07. The van der Waals surface area contributed by atoms with Crippen molar-refractivity contribution < 1.29 is 9.53 Å². The van der Waals surface area contributed by atoms with E-state index in [1.165, 1.54) is 11.3 Å². The molecule has 0 atom stereocenters. The highest BCUT2D eigenvalue weighted by Crippen LogP contribution is 2.34. The molecule has 0 aliphatic carbocycles. The predicted octanol–water partition coefficient (Wildman–Crippen LogP) is 4.38. The summed E-state index contributed by atoms with van der Waals surface area (Å²) in [6, 6.07) is 11.2. The van der Waals surface area contributed by atoms with E-state index in [0.717, 1.165) is 16.6 Å². The molecule has 22 heavy (non-hydrogen) atoms. The third-order valence-corrected chi connectivity index (χ3v) is 4.54. The Kier molecular flexibility index (Phi) is 4.00. The number of hydrogen-bond acceptors (Lipinski definition) is 5. The van der Waals surface area contributed by atoms with Gasteiger partial charge in [-0.1, -0.05) is 23.7 Å². The largest absolute Gasteiger partial charge is 0.462 e. The van der Waals surface area contributed by atoms with Gasteiger partial charge < -0.3 is 10.5 Å². The molecule has 0 spiro atoms. The second-order valence-corrected chi connectivity index (χ2v) is 6.06. The molecule has 0 aliphatic rings. The number of thiophene rings is 1. The zero-order valence-corrected chi connectivity index (χ0v) is 13.4. The second kappa shape index (κ2) is 5.94. The third-order valence-electron chi connectivity index (χ3n) is 3.19. The summed E-state index contributed by atoms with van der Waals surface area (Å²) in [5, 5.41) is 1.44. The van der Waals surface area contributed by atoms with Crippen LogP contribution in [-0.2, 0) is 4.74 Å². The Morgan fingerprint density at radius 2 is 2.00 bits per heavy atom. The smallest absolute Gasteiger partial charge is 0.350 e. The molecular formula is C16H13ClN2O2S. The van der Waals surface area contributed by atoms with Gasteiger partial charge in [0, 0.05) is 16.0 Å². The van der Waals surface area contributed by atoms with E-state index in [9.17, 15) is 4.79 Å². The van der Waals surface area contributed by atoms with Gasteiger partial charge in [0.1, 0.15) is 9.71 Å². The molecule has 1 aromatic carbocycles. The van der Waals surface area contributed by atoms with E-state index in [0.29, 0.717) is 27.0 Å². The number of anilines is 1. The van der Waals surface area contributed by atoms with E-state index in [2.05, 4.69) is 4.98 Å². The first-order valence-corrected chi connectivity index (χ1v) is 7.91. The van der Waals surface area contributed by atoms with E-state index in [1.54, 1.807) is 6.92 Å². The van der Waals surface area contributed by atoms with E-state index < -0.39 is 5.97 Å². The fourth-order valence-corrected chi connectivity index (χ4v) is 3.24. The van der Waals surface area contributed by atoms with Crippen molar-refractivity contribution in [1.29, 1.82) is 0 Å². The summed E-state index contributed by atoms with van der Waals surface area (Å²) in [6.07, 6.45) is 0. The molecule has 0 unspecified atom stereocenters. The number of aromatic nitrogens is 1. The Morgan fingerprint density at radius 3 is 2.68 bits per heavy atom. The summed E-state index contributed by atoms with van der Waals surface area (Å²) in [6.45, 7) is 2.08. The van der Waals surface area contributed by atoms with Crippen molar-refractivity contribution in [1.82, 2.24) is 4.98 Å². The first kappa shape index (κ1) is 14.8. The molecule has 3 rings (SSSR count). The SMILES string of the molecule is CCOC(=O)c1sc2nc(-c3ccc(Cl)cc3)ccc2c1N. The van der Waals surface area contributed by atoms with Crippen LogP contribution in [0.3, 0.4) is 0 Å². The molecule has 0 fully saturated rings. The van der Waals surface area contributed by atoms with Crippen LogP contribution in [0.1, 0.15) is 16.6 Å². The van der Waals surface area contributed by atoms with Crippen LogP contribution < -0.4 is 5.73 Å². The standard InChI is InChI=1S/C16H13ClN2O2S/c1-2-21-16(20)14-13(18)11-7-8-12(19-15(11)22-14)9-3-5-10(17)6-4-9/h3-8H,2,18H2,1H3. The number of carbonyl (C=O) groups is 1. The number of nitrogen functional groups attached to an aromatic ring is 1. The van der Waals surface area contributed by atoms with Gasteiger partial charge in [0.05, 0.1) is 18.0 Å². The number of ether oxygens (including phenoxy) is 1. The fraction of sp³-hybridized carbons (Fsp3) is 0.125. The number of rotatable bonds is 3. The monoisotopic (exact) mass is 332 g/mol. The van der Waals surface area contributed by atoms with Crippen molar-refractivity contribution in [2.75, 3.05) is 12.3 Å². The Hall–Kier alpha value is -2.11. The molecule has 112 valence electrons. The number of esters is 1. The lowest BCUT2D eigenvalue weighted by Crippen LogP contribution is -2.04. The maximum Gasteiger partial charge on any atom is 0.350 e. The maximum atomic E-state index is 11.9. The predicted molar refractivity (Wildman–Crippen MR) is 90.4 cm³/mol. The van der Waals surface area contributed by atoms with Gasteiger partial charge in [0.25, 0.3) is 0 Å². The number of nitrogens with two attached hydrogens (primary N) is 1. The number of carbonyl (C=O) groups excluding carboxylic acids is 1. The first-order valence-electron chi connectivity index (χ1n) is 6.72. The van der Waals surface area contributed by atoms with Crippen molar-refractivity contribution in [3.63, 3.8) is 0 Å². The van der Waals surface area contributed by atoms with Gasteiger partial charge >= 0.3 is 5.97 Å². The maximum absolute atomic E-state index is 11.9. The van der Waals surface area contributed by atoms with Crippen LogP contribution in [0.25, 0.3) is 21.5 Å². The second-order valence-electron chi connectivity index (χ2n) is 4.62. The molecule has 0 saturated carbocycles. The Morgan fingerprint density at radius 1 is 1.27 bits per heavy atom. The molecule has 2 heterocycles. The van der Waals surface area contributed by atoms with Gasteiger partial charge in [-0.2, -0.15) is 0 Å². The average molecular weight is 333 g/mol. The lowest BCUT2D eigenvalue weighted by Gasteiger charge is -2.01. The molecular weight excluding hydrogens is 320 g/mol. The lowest BCUT2D eigenvalue weighted by molar-refractivity contribution is 0.0533. The third kappa shape index (κ3) is 2.65. The van der Waals surface area contributed by atoms with E-state index in [-0.39, 0.29) is 0 Å². The number of benzene rings is 1. The molecule has 0 radical (unpaired) electrons. The highest BCUT2D eigenvalue weighted by Gasteiger charge is 2.18. The van der Waals surface area contributed by atoms with Crippen molar-refractivity contribution in [2.24, 2.45) is 0 Å². The van der Waals surface area contributed by atoms with Crippen LogP contribution in [0.2, 0.25) is 5.02 Å². The number of nitrogens with zero attached hydrogens (tertiary/aromatic N) is 1.